The quantitative estimate of drug-likeness (QED) is 0.894. The fourth-order valence-electron chi connectivity index (χ4n) is 2.74. The number of nitrogens with one attached hydrogen (secondary N) is 1. The molecule has 3 N–H and O–H groups in total. The Bertz CT molecular complexity index is 710. The average molecular weight is 295 g/mol. The van der Waals surface area contributed by atoms with E-state index < -0.39 is 6.03 Å². The van der Waals surface area contributed by atoms with Crippen molar-refractivity contribution >= 4 is 23.3 Å². The molecule has 5 heteroatoms. The van der Waals surface area contributed by atoms with E-state index in [1.54, 1.807) is 24.3 Å². The highest BCUT2D eigenvalue weighted by Gasteiger charge is 2.23. The molecule has 112 valence electrons. The maximum absolute atomic E-state index is 12.7. The van der Waals surface area contributed by atoms with Crippen LogP contribution < -0.4 is 16.0 Å². The number of hydrogen-bond donors (Lipinski definition) is 2. The fourth-order valence-corrected chi connectivity index (χ4v) is 2.74. The van der Waals surface area contributed by atoms with Gasteiger partial charge in [0, 0.05) is 23.5 Å². The van der Waals surface area contributed by atoms with Crippen molar-refractivity contribution in [2.75, 3.05) is 16.8 Å². The Balaban J connectivity index is 1.84. The minimum Gasteiger partial charge on any atom is -0.351 e. The molecule has 0 fully saturated rings. The number of aryl methyl sites for hydroxylation is 1. The second kappa shape index (κ2) is 5.89. The standard InChI is InChI=1S/C17H17N3O2/c18-17(22)19-14-9-7-13(8-10-14)16(21)20-11-3-5-12-4-1-2-6-15(12)20/h1-2,4,6-10H,3,5,11H2,(H3,18,19,22). The molecule has 0 saturated carbocycles. The summed E-state index contributed by atoms with van der Waals surface area (Å²) in [6.07, 6.45) is 1.96. The van der Waals surface area contributed by atoms with Crippen LogP contribution in [0.4, 0.5) is 16.2 Å². The molecule has 0 aromatic heterocycles. The summed E-state index contributed by atoms with van der Waals surface area (Å²) in [5.74, 6) is -0.0298. The van der Waals surface area contributed by atoms with E-state index in [1.807, 2.05) is 23.1 Å². The van der Waals surface area contributed by atoms with E-state index in [9.17, 15) is 9.59 Å². The predicted octanol–water partition coefficient (Wildman–Crippen LogP) is 2.77. The van der Waals surface area contributed by atoms with Gasteiger partial charge in [-0.2, -0.15) is 0 Å². The minimum absolute atomic E-state index is 0.0298. The highest BCUT2D eigenvalue weighted by Crippen LogP contribution is 2.28. The SMILES string of the molecule is NC(=O)Nc1ccc(C(=O)N2CCCc3ccccc32)cc1. The van der Waals surface area contributed by atoms with E-state index >= 15 is 0 Å². The number of rotatable bonds is 2. The number of carbonyl (C=O) groups excluding carboxylic acids is 2. The van der Waals surface area contributed by atoms with E-state index in [2.05, 4.69) is 11.4 Å². The number of urea groups is 1. The molecule has 0 aliphatic carbocycles. The van der Waals surface area contributed by atoms with E-state index in [-0.39, 0.29) is 5.91 Å². The summed E-state index contributed by atoms with van der Waals surface area (Å²) >= 11 is 0. The molecule has 22 heavy (non-hydrogen) atoms. The molecular formula is C17H17N3O2. The van der Waals surface area contributed by atoms with E-state index in [1.165, 1.54) is 5.56 Å². The van der Waals surface area contributed by atoms with Crippen molar-refractivity contribution in [2.24, 2.45) is 5.73 Å². The molecule has 3 rings (SSSR count). The van der Waals surface area contributed by atoms with Crippen molar-refractivity contribution in [3.8, 4) is 0 Å². The summed E-state index contributed by atoms with van der Waals surface area (Å²) in [6, 6.07) is 14.1. The Hall–Kier alpha value is -2.82. The van der Waals surface area contributed by atoms with Gasteiger partial charge in [0.1, 0.15) is 0 Å². The molecule has 3 amide bonds. The third-order valence-electron chi connectivity index (χ3n) is 3.75. The van der Waals surface area contributed by atoms with Gasteiger partial charge < -0.3 is 16.0 Å². The largest absolute Gasteiger partial charge is 0.351 e. The van der Waals surface area contributed by atoms with E-state index in [4.69, 9.17) is 5.73 Å². The van der Waals surface area contributed by atoms with Gasteiger partial charge in [0.25, 0.3) is 5.91 Å². The van der Waals surface area contributed by atoms with Crippen LogP contribution >= 0.6 is 0 Å². The monoisotopic (exact) mass is 295 g/mol. The second-order valence-electron chi connectivity index (χ2n) is 5.26. The van der Waals surface area contributed by atoms with Gasteiger partial charge in [0.05, 0.1) is 0 Å². The van der Waals surface area contributed by atoms with Gasteiger partial charge in [-0.15, -0.1) is 0 Å². The zero-order chi connectivity index (χ0) is 15.5. The third kappa shape index (κ3) is 2.79. The van der Waals surface area contributed by atoms with Crippen molar-refractivity contribution in [3.63, 3.8) is 0 Å². The molecule has 1 heterocycles. The lowest BCUT2D eigenvalue weighted by molar-refractivity contribution is 0.0985. The van der Waals surface area contributed by atoms with Crippen molar-refractivity contribution in [2.45, 2.75) is 12.8 Å². The lowest BCUT2D eigenvalue weighted by Gasteiger charge is -2.29. The van der Waals surface area contributed by atoms with Crippen LogP contribution in [0.1, 0.15) is 22.3 Å². The zero-order valence-corrected chi connectivity index (χ0v) is 12.1. The smallest absolute Gasteiger partial charge is 0.316 e. The van der Waals surface area contributed by atoms with Gasteiger partial charge in [0.15, 0.2) is 0 Å². The number of carbonyl (C=O) groups is 2. The number of para-hydroxylation sites is 1. The number of benzene rings is 2. The normalized spacial score (nSPS) is 13.4. The zero-order valence-electron chi connectivity index (χ0n) is 12.1. The Kier molecular flexibility index (Phi) is 3.78. The van der Waals surface area contributed by atoms with Crippen molar-refractivity contribution < 1.29 is 9.59 Å². The number of nitrogens with zero attached hydrogens (tertiary/aromatic N) is 1. The highest BCUT2D eigenvalue weighted by molar-refractivity contribution is 6.07. The molecule has 1 aliphatic heterocycles. The third-order valence-corrected chi connectivity index (χ3v) is 3.75. The molecule has 0 radical (unpaired) electrons. The summed E-state index contributed by atoms with van der Waals surface area (Å²) < 4.78 is 0. The number of nitrogens with two attached hydrogens (primary N) is 1. The Labute approximate surface area is 128 Å². The molecular weight excluding hydrogens is 278 g/mol. The maximum Gasteiger partial charge on any atom is 0.316 e. The molecule has 2 aromatic carbocycles. The highest BCUT2D eigenvalue weighted by atomic mass is 16.2. The lowest BCUT2D eigenvalue weighted by atomic mass is 10.0. The first-order chi connectivity index (χ1) is 10.6. The molecule has 0 unspecified atom stereocenters. The van der Waals surface area contributed by atoms with Gasteiger partial charge in [-0.25, -0.2) is 4.79 Å². The van der Waals surface area contributed by atoms with Gasteiger partial charge in [-0.3, -0.25) is 4.79 Å². The number of fused-ring (bicyclic) bond motifs is 1. The van der Waals surface area contributed by atoms with Crippen LogP contribution in [0.3, 0.4) is 0 Å². The van der Waals surface area contributed by atoms with Crippen LogP contribution in [-0.2, 0) is 6.42 Å². The summed E-state index contributed by atoms with van der Waals surface area (Å²) in [5.41, 5.74) is 8.42. The average Bonchev–Trinajstić information content (AvgIpc) is 2.54. The minimum atomic E-state index is -0.621. The molecule has 0 saturated heterocycles. The molecule has 0 bridgehead atoms. The van der Waals surface area contributed by atoms with Gasteiger partial charge >= 0.3 is 6.03 Å². The molecule has 1 aliphatic rings. The van der Waals surface area contributed by atoms with Crippen molar-refractivity contribution in [3.05, 3.63) is 59.7 Å². The lowest BCUT2D eigenvalue weighted by Crippen LogP contribution is -2.35. The van der Waals surface area contributed by atoms with Crippen LogP contribution in [0.5, 0.6) is 0 Å². The number of hydrogen-bond acceptors (Lipinski definition) is 2. The number of amides is 3. The topological polar surface area (TPSA) is 75.4 Å². The van der Waals surface area contributed by atoms with Gasteiger partial charge in [0.2, 0.25) is 0 Å². The summed E-state index contributed by atoms with van der Waals surface area (Å²) in [4.78, 5) is 25.3. The van der Waals surface area contributed by atoms with Crippen LogP contribution in [0.2, 0.25) is 0 Å². The fraction of sp³-hybridized carbons (Fsp3) is 0.176. The Morgan fingerprint density at radius 2 is 1.77 bits per heavy atom. The van der Waals surface area contributed by atoms with Crippen LogP contribution in [0.25, 0.3) is 0 Å². The number of primary amides is 1. The summed E-state index contributed by atoms with van der Waals surface area (Å²) in [5, 5.41) is 2.48. The number of anilines is 2. The van der Waals surface area contributed by atoms with E-state index in [0.717, 1.165) is 25.1 Å². The second-order valence-corrected chi connectivity index (χ2v) is 5.26. The van der Waals surface area contributed by atoms with Crippen LogP contribution in [0.15, 0.2) is 48.5 Å². The summed E-state index contributed by atoms with van der Waals surface area (Å²) in [6.45, 7) is 0.719. The summed E-state index contributed by atoms with van der Waals surface area (Å²) in [7, 11) is 0. The predicted molar refractivity (Wildman–Crippen MR) is 86.1 cm³/mol. The van der Waals surface area contributed by atoms with Gasteiger partial charge in [-0.1, -0.05) is 18.2 Å². The van der Waals surface area contributed by atoms with Crippen molar-refractivity contribution in [1.82, 2.24) is 0 Å². The molecule has 0 spiro atoms. The van der Waals surface area contributed by atoms with Crippen LogP contribution in [0, 0.1) is 0 Å². The van der Waals surface area contributed by atoms with Crippen LogP contribution in [-0.4, -0.2) is 18.5 Å². The van der Waals surface area contributed by atoms with Gasteiger partial charge in [-0.05, 0) is 48.7 Å². The first-order valence-electron chi connectivity index (χ1n) is 7.21. The first kappa shape index (κ1) is 14.1. The molecule has 5 nitrogen and oxygen atoms in total. The Morgan fingerprint density at radius 1 is 1.05 bits per heavy atom. The molecule has 0 atom stereocenters. The molecule has 2 aromatic rings. The van der Waals surface area contributed by atoms with Crippen molar-refractivity contribution in [1.29, 1.82) is 0 Å². The maximum atomic E-state index is 12.7. The van der Waals surface area contributed by atoms with E-state index in [0.29, 0.717) is 11.3 Å². The first-order valence-corrected chi connectivity index (χ1v) is 7.21. The Morgan fingerprint density at radius 3 is 2.50 bits per heavy atom.